The van der Waals surface area contributed by atoms with Gasteiger partial charge in [0.25, 0.3) is 5.91 Å². The Morgan fingerprint density at radius 1 is 0.967 bits per heavy atom. The number of fused-ring (bicyclic) bond motifs is 1. The van der Waals surface area contributed by atoms with Crippen molar-refractivity contribution in [2.75, 3.05) is 33.3 Å². The molecule has 30 heavy (non-hydrogen) atoms. The van der Waals surface area contributed by atoms with Gasteiger partial charge in [0.15, 0.2) is 11.5 Å². The molecule has 2 aromatic carbocycles. The van der Waals surface area contributed by atoms with Gasteiger partial charge in [0.1, 0.15) is 11.9 Å². The van der Waals surface area contributed by atoms with Crippen LogP contribution < -0.4 is 14.2 Å². The normalized spacial score (nSPS) is 20.6. The Hall–Kier alpha value is -3.22. The second-order valence-corrected chi connectivity index (χ2v) is 7.54. The summed E-state index contributed by atoms with van der Waals surface area (Å²) >= 11 is 0. The molecule has 7 heteroatoms. The van der Waals surface area contributed by atoms with Crippen LogP contribution in [0.4, 0.5) is 0 Å². The van der Waals surface area contributed by atoms with E-state index in [0.717, 1.165) is 11.3 Å². The van der Waals surface area contributed by atoms with E-state index in [1.807, 2.05) is 49.4 Å². The Balaban J connectivity index is 1.33. The van der Waals surface area contributed by atoms with Crippen LogP contribution in [0.1, 0.15) is 12.5 Å². The Labute approximate surface area is 176 Å². The van der Waals surface area contributed by atoms with Crippen LogP contribution in [0.2, 0.25) is 0 Å². The maximum absolute atomic E-state index is 13.0. The lowest BCUT2D eigenvalue weighted by atomic mass is 10.1. The molecule has 0 aliphatic carbocycles. The van der Waals surface area contributed by atoms with Crippen molar-refractivity contribution in [2.24, 2.45) is 0 Å². The number of piperazine rings is 1. The fourth-order valence-electron chi connectivity index (χ4n) is 3.82. The number of rotatable bonds is 4. The van der Waals surface area contributed by atoms with E-state index >= 15 is 0 Å². The van der Waals surface area contributed by atoms with Gasteiger partial charge in [-0.2, -0.15) is 0 Å². The van der Waals surface area contributed by atoms with Crippen LogP contribution in [0.5, 0.6) is 17.2 Å². The van der Waals surface area contributed by atoms with Gasteiger partial charge in [-0.05, 0) is 36.8 Å². The van der Waals surface area contributed by atoms with Gasteiger partial charge in [-0.25, -0.2) is 0 Å². The highest BCUT2D eigenvalue weighted by Gasteiger charge is 2.38. The zero-order valence-corrected chi connectivity index (χ0v) is 17.2. The third-order valence-corrected chi connectivity index (χ3v) is 5.52. The van der Waals surface area contributed by atoms with Gasteiger partial charge in [-0.1, -0.05) is 24.3 Å². The van der Waals surface area contributed by atoms with E-state index in [4.69, 9.17) is 14.2 Å². The Kier molecular flexibility index (Phi) is 5.79. The van der Waals surface area contributed by atoms with E-state index in [0.29, 0.717) is 44.1 Å². The van der Waals surface area contributed by atoms with Crippen molar-refractivity contribution in [1.82, 2.24) is 9.80 Å². The van der Waals surface area contributed by atoms with Gasteiger partial charge in [0.05, 0.1) is 13.5 Å². The largest absolute Gasteiger partial charge is 0.497 e. The fourth-order valence-corrected chi connectivity index (χ4v) is 3.82. The second-order valence-electron chi connectivity index (χ2n) is 7.54. The number of nitrogens with zero attached hydrogens (tertiary/aromatic N) is 2. The number of carbonyl (C=O) groups is 2. The molecule has 158 valence electrons. The lowest BCUT2D eigenvalue weighted by molar-refractivity contribution is -0.148. The van der Waals surface area contributed by atoms with Crippen molar-refractivity contribution in [3.63, 3.8) is 0 Å². The topological polar surface area (TPSA) is 68.3 Å². The lowest BCUT2D eigenvalue weighted by Crippen LogP contribution is -2.57. The standard InChI is InChI=1S/C23H26N2O5/c1-16-22(30-20-9-4-3-8-19(20)29-16)23(27)25-12-10-24(11-13-25)21(26)15-17-6-5-7-18(14-17)28-2/h3-9,14,16,22H,10-13,15H2,1-2H3. The van der Waals surface area contributed by atoms with E-state index in [9.17, 15) is 9.59 Å². The number of carbonyl (C=O) groups excluding carboxylic acids is 2. The van der Waals surface area contributed by atoms with Crippen molar-refractivity contribution >= 4 is 11.8 Å². The summed E-state index contributed by atoms with van der Waals surface area (Å²) in [6.45, 7) is 3.82. The van der Waals surface area contributed by atoms with Crippen LogP contribution in [0, 0.1) is 0 Å². The Bertz CT molecular complexity index is 923. The first kappa shape index (κ1) is 20.1. The maximum atomic E-state index is 13.0. The molecular weight excluding hydrogens is 384 g/mol. The van der Waals surface area contributed by atoms with Crippen molar-refractivity contribution in [3.05, 3.63) is 54.1 Å². The molecule has 2 heterocycles. The summed E-state index contributed by atoms with van der Waals surface area (Å²) in [6.07, 6.45) is -0.738. The van der Waals surface area contributed by atoms with Gasteiger partial charge < -0.3 is 24.0 Å². The molecule has 4 rings (SSSR count). The van der Waals surface area contributed by atoms with Crippen LogP contribution in [-0.2, 0) is 16.0 Å². The monoisotopic (exact) mass is 410 g/mol. The molecule has 2 unspecified atom stereocenters. The van der Waals surface area contributed by atoms with Crippen molar-refractivity contribution < 1.29 is 23.8 Å². The zero-order valence-electron chi connectivity index (χ0n) is 17.2. The predicted molar refractivity (Wildman–Crippen MR) is 111 cm³/mol. The third kappa shape index (κ3) is 4.20. The molecule has 1 saturated heterocycles. The van der Waals surface area contributed by atoms with Crippen LogP contribution in [0.25, 0.3) is 0 Å². The summed E-state index contributed by atoms with van der Waals surface area (Å²) < 4.78 is 17.0. The van der Waals surface area contributed by atoms with Crippen molar-refractivity contribution in [2.45, 2.75) is 25.6 Å². The lowest BCUT2D eigenvalue weighted by Gasteiger charge is -2.38. The predicted octanol–water partition coefficient (Wildman–Crippen LogP) is 2.14. The smallest absolute Gasteiger partial charge is 0.267 e. The molecular formula is C23H26N2O5. The molecule has 2 aliphatic rings. The maximum Gasteiger partial charge on any atom is 0.267 e. The van der Waals surface area contributed by atoms with Crippen LogP contribution in [0.15, 0.2) is 48.5 Å². The van der Waals surface area contributed by atoms with Crippen LogP contribution >= 0.6 is 0 Å². The summed E-state index contributed by atoms with van der Waals surface area (Å²) in [5.74, 6) is 1.93. The number of hydrogen-bond donors (Lipinski definition) is 0. The van der Waals surface area contributed by atoms with E-state index < -0.39 is 6.10 Å². The highest BCUT2D eigenvalue weighted by atomic mass is 16.6. The molecule has 2 amide bonds. The zero-order chi connectivity index (χ0) is 21.1. The molecule has 2 atom stereocenters. The first-order chi connectivity index (χ1) is 14.5. The first-order valence-electron chi connectivity index (χ1n) is 10.2. The molecule has 0 spiro atoms. The molecule has 0 aromatic heterocycles. The molecule has 0 radical (unpaired) electrons. The molecule has 0 N–H and O–H groups in total. The van der Waals surface area contributed by atoms with Crippen molar-refractivity contribution in [1.29, 1.82) is 0 Å². The average molecular weight is 410 g/mol. The van der Waals surface area contributed by atoms with Gasteiger partial charge >= 0.3 is 0 Å². The summed E-state index contributed by atoms with van der Waals surface area (Å²) in [7, 11) is 1.61. The van der Waals surface area contributed by atoms with Crippen LogP contribution in [0.3, 0.4) is 0 Å². The third-order valence-electron chi connectivity index (χ3n) is 5.52. The van der Waals surface area contributed by atoms with E-state index in [1.165, 1.54) is 0 Å². The van der Waals surface area contributed by atoms with Gasteiger partial charge in [-0.3, -0.25) is 9.59 Å². The SMILES string of the molecule is COc1cccc(CC(=O)N2CCN(C(=O)C3Oc4ccccc4OC3C)CC2)c1. The number of para-hydroxylation sites is 2. The quantitative estimate of drug-likeness (QED) is 0.773. The minimum Gasteiger partial charge on any atom is -0.497 e. The van der Waals surface area contributed by atoms with E-state index in [-0.39, 0.29) is 17.9 Å². The van der Waals surface area contributed by atoms with Gasteiger partial charge in [-0.15, -0.1) is 0 Å². The van der Waals surface area contributed by atoms with E-state index in [2.05, 4.69) is 0 Å². The molecule has 0 saturated carbocycles. The summed E-state index contributed by atoms with van der Waals surface area (Å²) in [5, 5.41) is 0. The molecule has 0 bridgehead atoms. The number of methoxy groups -OCH3 is 1. The number of hydrogen-bond acceptors (Lipinski definition) is 5. The van der Waals surface area contributed by atoms with Crippen molar-refractivity contribution in [3.8, 4) is 17.2 Å². The van der Waals surface area contributed by atoms with Crippen LogP contribution in [-0.4, -0.2) is 67.1 Å². The molecule has 2 aromatic rings. The number of ether oxygens (including phenoxy) is 3. The Morgan fingerprint density at radius 3 is 2.33 bits per heavy atom. The molecule has 2 aliphatic heterocycles. The summed E-state index contributed by atoms with van der Waals surface area (Å²) in [5.41, 5.74) is 0.915. The number of benzene rings is 2. The number of amides is 2. The highest BCUT2D eigenvalue weighted by Crippen LogP contribution is 2.34. The minimum absolute atomic E-state index is 0.0508. The Morgan fingerprint density at radius 2 is 1.63 bits per heavy atom. The molecule has 7 nitrogen and oxygen atoms in total. The minimum atomic E-state index is -0.682. The highest BCUT2D eigenvalue weighted by molar-refractivity contribution is 5.83. The van der Waals surface area contributed by atoms with E-state index in [1.54, 1.807) is 23.0 Å². The van der Waals surface area contributed by atoms with Gasteiger partial charge in [0.2, 0.25) is 12.0 Å². The summed E-state index contributed by atoms with van der Waals surface area (Å²) in [6, 6.07) is 14.9. The van der Waals surface area contributed by atoms with Gasteiger partial charge in [0, 0.05) is 26.2 Å². The average Bonchev–Trinajstić information content (AvgIpc) is 2.78. The fraction of sp³-hybridized carbons (Fsp3) is 0.391. The summed E-state index contributed by atoms with van der Waals surface area (Å²) in [4.78, 5) is 29.3. The second kappa shape index (κ2) is 8.65. The molecule has 1 fully saturated rings. The first-order valence-corrected chi connectivity index (χ1v) is 10.2.